The Hall–Kier alpha value is -8.03. The van der Waals surface area contributed by atoms with Crippen molar-refractivity contribution in [1.29, 1.82) is 0 Å². The van der Waals surface area contributed by atoms with Crippen LogP contribution in [0.15, 0.2) is 48.7 Å². The number of aliphatic carboxylic acids is 1. The number of ether oxygens (including phenoxy) is 1. The SMILES string of the molecule is CC(=O)N[C@@H](CC(=O)O)C(=O)N[C@H]1CCCn2nncc2COC[C@@H](C(=O)N[C@@H](CC(C)C)C(=O)N[C@@H](C)C(=O)N2CCC[C@H]2C(N)=O)NC(=O)[C@H](Cc2cccc3ccccc23)NC(=O)[C@@H]2CCCN2C(=O)CNC1=O. The van der Waals surface area contributed by atoms with Gasteiger partial charge in [0, 0.05) is 33.0 Å². The minimum Gasteiger partial charge on any atom is -0.481 e. The predicted molar refractivity (Wildman–Crippen MR) is 273 cm³/mol. The number of aromatic nitrogens is 3. The molecule has 6 rings (SSSR count). The van der Waals surface area contributed by atoms with Gasteiger partial charge in [-0.2, -0.15) is 0 Å². The molecule has 416 valence electrons. The minimum atomic E-state index is -1.54. The standard InChI is InChI=1S/C51H69N13O13/c1-28(2)21-36(46(71)55-29(3)51(76)63-19-9-16-40(63)44(52)69)58-49(74)39-27-77-26-33-24-54-61-64(33)20-8-15-35(57-48(73)38(23-43(67)68)56-30(4)65)45(70)53-25-42(66)62-18-10-17-41(62)50(75)59-37(47(72)60-39)22-32-13-7-12-31-11-5-6-14-34(31)32/h5-7,11-14,24,28-29,35-41H,8-10,15-23,25-27H2,1-4H3,(H2,52,69)(H,53,70)(H,55,71)(H,56,65)(H,57,73)(H,58,74)(H,59,75)(H,60,72)(H,67,68)/t29-,35-,36-,37-,38-,39-,40-,41-/m0/s1. The number of benzene rings is 2. The molecule has 10 amide bonds. The van der Waals surface area contributed by atoms with E-state index in [1.54, 1.807) is 12.1 Å². The highest BCUT2D eigenvalue weighted by molar-refractivity contribution is 5.99. The first-order valence-electron chi connectivity index (χ1n) is 25.8. The number of likely N-dealkylation sites (tertiary alicyclic amines) is 1. The summed E-state index contributed by atoms with van der Waals surface area (Å²) in [5.74, 6) is -8.97. The molecule has 2 fully saturated rings. The molecule has 1 aromatic heterocycles. The first kappa shape index (κ1) is 58.2. The number of hydrogen-bond acceptors (Lipinski definition) is 14. The van der Waals surface area contributed by atoms with Crippen molar-refractivity contribution >= 4 is 75.8 Å². The Bertz CT molecular complexity index is 2680. The molecule has 3 aliphatic heterocycles. The lowest BCUT2D eigenvalue weighted by molar-refractivity contribution is -0.141. The lowest BCUT2D eigenvalue weighted by Gasteiger charge is -2.29. The van der Waals surface area contributed by atoms with Crippen molar-refractivity contribution < 1.29 is 62.6 Å². The zero-order chi connectivity index (χ0) is 55.9. The van der Waals surface area contributed by atoms with Crippen LogP contribution in [0.1, 0.15) is 90.3 Å². The van der Waals surface area contributed by atoms with Crippen LogP contribution in [0.5, 0.6) is 0 Å². The molecule has 8 atom stereocenters. The summed E-state index contributed by atoms with van der Waals surface area (Å²) in [6.45, 7) is 5.31. The van der Waals surface area contributed by atoms with Gasteiger partial charge in [0.25, 0.3) is 0 Å². The lowest BCUT2D eigenvalue weighted by Crippen LogP contribution is -2.60. The zero-order valence-corrected chi connectivity index (χ0v) is 43.6. The Labute approximate surface area is 444 Å². The van der Waals surface area contributed by atoms with Crippen molar-refractivity contribution in [3.63, 3.8) is 0 Å². The van der Waals surface area contributed by atoms with Gasteiger partial charge in [0.05, 0.1) is 38.1 Å². The Kier molecular flexibility index (Phi) is 20.5. The maximum Gasteiger partial charge on any atom is 0.305 e. The number of primary amides is 1. The zero-order valence-electron chi connectivity index (χ0n) is 43.6. The number of rotatable bonds is 15. The van der Waals surface area contributed by atoms with Gasteiger partial charge in [-0.1, -0.05) is 61.5 Å². The summed E-state index contributed by atoms with van der Waals surface area (Å²) in [7, 11) is 0. The second-order valence-corrected chi connectivity index (χ2v) is 20.0. The fourth-order valence-corrected chi connectivity index (χ4v) is 9.75. The fraction of sp³-hybridized carbons (Fsp3) is 0.549. The summed E-state index contributed by atoms with van der Waals surface area (Å²) in [5, 5.41) is 37.5. The highest BCUT2D eigenvalue weighted by atomic mass is 16.5. The van der Waals surface area contributed by atoms with Gasteiger partial charge in [0.15, 0.2) is 0 Å². The first-order chi connectivity index (χ1) is 36.7. The first-order valence-corrected chi connectivity index (χ1v) is 25.8. The van der Waals surface area contributed by atoms with Gasteiger partial charge in [-0.3, -0.25) is 52.7 Å². The van der Waals surface area contributed by atoms with E-state index < -0.39 is 133 Å². The van der Waals surface area contributed by atoms with Crippen molar-refractivity contribution in [3.05, 3.63) is 59.9 Å². The number of amides is 10. The second kappa shape index (κ2) is 27.1. The van der Waals surface area contributed by atoms with E-state index in [0.717, 1.165) is 17.7 Å². The summed E-state index contributed by atoms with van der Waals surface area (Å²) in [6.07, 6.45) is 2.16. The molecule has 10 N–H and O–H groups in total. The monoisotopic (exact) mass is 1070 g/mol. The summed E-state index contributed by atoms with van der Waals surface area (Å²) in [6, 6.07) is 2.82. The highest BCUT2D eigenvalue weighted by Gasteiger charge is 2.39. The number of carbonyl (C=O) groups excluding carboxylic acids is 10. The molecular formula is C51H69N13O13. The third-order valence-electron chi connectivity index (χ3n) is 13.6. The topological polar surface area (TPSA) is 365 Å². The van der Waals surface area contributed by atoms with Crippen LogP contribution in [-0.4, -0.2) is 170 Å². The van der Waals surface area contributed by atoms with Crippen molar-refractivity contribution in [1.82, 2.24) is 62.0 Å². The number of carboxylic acids is 1. The third-order valence-corrected chi connectivity index (χ3v) is 13.6. The van der Waals surface area contributed by atoms with Crippen LogP contribution < -0.4 is 43.0 Å². The quantitative estimate of drug-likeness (QED) is 0.0798. The molecule has 0 spiro atoms. The Morgan fingerprint density at radius 1 is 0.831 bits per heavy atom. The van der Waals surface area contributed by atoms with Gasteiger partial charge in [0.1, 0.15) is 48.3 Å². The van der Waals surface area contributed by atoms with Gasteiger partial charge in [-0.15, -0.1) is 5.10 Å². The molecular weight excluding hydrogens is 1000 g/mol. The molecule has 2 saturated heterocycles. The average molecular weight is 1070 g/mol. The number of carboxylic acid groups (broad SMARTS) is 1. The van der Waals surface area contributed by atoms with E-state index in [-0.39, 0.29) is 64.3 Å². The van der Waals surface area contributed by atoms with E-state index in [0.29, 0.717) is 30.5 Å². The second-order valence-electron chi connectivity index (χ2n) is 20.0. The normalized spacial score (nSPS) is 22.2. The molecule has 0 bridgehead atoms. The van der Waals surface area contributed by atoms with Crippen molar-refractivity contribution in [2.45, 2.75) is 147 Å². The fourth-order valence-electron chi connectivity index (χ4n) is 9.75. The molecule has 26 nitrogen and oxygen atoms in total. The van der Waals surface area contributed by atoms with Gasteiger partial charge in [-0.25, -0.2) is 4.68 Å². The number of aryl methyl sites for hydroxylation is 1. The van der Waals surface area contributed by atoms with Crippen LogP contribution in [0.2, 0.25) is 0 Å². The Balaban J connectivity index is 1.31. The van der Waals surface area contributed by atoms with Crippen LogP contribution in [0.25, 0.3) is 10.8 Å². The van der Waals surface area contributed by atoms with Crippen molar-refractivity contribution in [2.24, 2.45) is 11.7 Å². The maximum absolute atomic E-state index is 14.8. The van der Waals surface area contributed by atoms with Gasteiger partial charge in [0.2, 0.25) is 59.1 Å². The average Bonchev–Trinajstić information content (AvgIpc) is 4.19. The smallest absolute Gasteiger partial charge is 0.305 e. The number of carbonyl (C=O) groups is 11. The molecule has 0 aliphatic carbocycles. The third kappa shape index (κ3) is 16.0. The van der Waals surface area contributed by atoms with E-state index in [9.17, 15) is 57.8 Å². The number of fused-ring (bicyclic) bond motifs is 3. The van der Waals surface area contributed by atoms with E-state index in [2.05, 4.69) is 47.5 Å². The van der Waals surface area contributed by atoms with Crippen LogP contribution in [0.3, 0.4) is 0 Å². The van der Waals surface area contributed by atoms with Crippen LogP contribution in [-0.2, 0) is 77.0 Å². The number of nitrogens with zero attached hydrogens (tertiary/aromatic N) is 5. The molecule has 2 aromatic carbocycles. The van der Waals surface area contributed by atoms with Gasteiger partial charge >= 0.3 is 5.97 Å². The lowest BCUT2D eigenvalue weighted by atomic mass is 9.97. The molecule has 3 aromatic rings. The maximum atomic E-state index is 14.8. The Morgan fingerprint density at radius 2 is 1.56 bits per heavy atom. The molecule has 4 heterocycles. The van der Waals surface area contributed by atoms with Crippen LogP contribution in [0, 0.1) is 5.92 Å². The van der Waals surface area contributed by atoms with E-state index in [1.165, 1.54) is 27.6 Å². The highest BCUT2D eigenvalue weighted by Crippen LogP contribution is 2.23. The predicted octanol–water partition coefficient (Wildman–Crippen LogP) is -1.96. The van der Waals surface area contributed by atoms with Gasteiger partial charge < -0.3 is 62.6 Å². The van der Waals surface area contributed by atoms with E-state index in [1.807, 2.05) is 44.2 Å². The van der Waals surface area contributed by atoms with E-state index >= 15 is 0 Å². The van der Waals surface area contributed by atoms with Crippen molar-refractivity contribution in [3.8, 4) is 0 Å². The summed E-state index contributed by atoms with van der Waals surface area (Å²) >= 11 is 0. The van der Waals surface area contributed by atoms with Gasteiger partial charge in [-0.05, 0) is 74.1 Å². The van der Waals surface area contributed by atoms with Crippen molar-refractivity contribution in [2.75, 3.05) is 26.2 Å². The number of nitrogens with two attached hydrogens (primary N) is 1. The van der Waals surface area contributed by atoms with E-state index in [4.69, 9.17) is 10.5 Å². The summed E-state index contributed by atoms with van der Waals surface area (Å²) in [5.41, 5.74) is 6.59. The molecule has 0 unspecified atom stereocenters. The number of nitrogens with one attached hydrogen (secondary N) is 7. The molecule has 26 heteroatoms. The number of hydrogen-bond donors (Lipinski definition) is 9. The summed E-state index contributed by atoms with van der Waals surface area (Å²) < 4.78 is 7.52. The molecule has 77 heavy (non-hydrogen) atoms. The molecule has 0 radical (unpaired) electrons. The largest absolute Gasteiger partial charge is 0.481 e. The molecule has 0 saturated carbocycles. The summed E-state index contributed by atoms with van der Waals surface area (Å²) in [4.78, 5) is 151. The molecule has 3 aliphatic rings. The van der Waals surface area contributed by atoms with Crippen LogP contribution in [0.4, 0.5) is 0 Å². The van der Waals surface area contributed by atoms with Crippen LogP contribution >= 0.6 is 0 Å². The Morgan fingerprint density at radius 3 is 2.29 bits per heavy atom. The minimum absolute atomic E-state index is 0.0785.